The maximum atomic E-state index is 12.9. The molecule has 0 fully saturated rings. The van der Waals surface area contributed by atoms with Gasteiger partial charge in [-0.2, -0.15) is 8.78 Å². The van der Waals surface area contributed by atoms with Crippen molar-refractivity contribution in [2.45, 2.75) is 26.5 Å². The number of nitrogens with one attached hydrogen (secondary N) is 1. The van der Waals surface area contributed by atoms with Crippen molar-refractivity contribution in [1.29, 1.82) is 0 Å². The molecule has 2 rings (SSSR count). The van der Waals surface area contributed by atoms with Crippen LogP contribution in [0.3, 0.4) is 0 Å². The number of carbonyl (C=O) groups excluding carboxylic acids is 1. The van der Waals surface area contributed by atoms with E-state index in [1.165, 1.54) is 18.2 Å². The summed E-state index contributed by atoms with van der Waals surface area (Å²) in [6.07, 6.45) is 0.610. The van der Waals surface area contributed by atoms with Crippen LogP contribution in [0.5, 0.6) is 11.5 Å². The van der Waals surface area contributed by atoms with E-state index < -0.39 is 6.61 Å². The SMILES string of the molecule is CCOc1cc(CN(C)CC(=O)NCCc2ccc(F)cc2)ccc1OC(F)F. The third-order valence-corrected chi connectivity index (χ3v) is 4.04. The quantitative estimate of drug-likeness (QED) is 0.615. The summed E-state index contributed by atoms with van der Waals surface area (Å²) in [5.41, 5.74) is 1.74. The molecule has 1 amide bonds. The zero-order valence-corrected chi connectivity index (χ0v) is 16.5. The van der Waals surface area contributed by atoms with Gasteiger partial charge in [-0.3, -0.25) is 9.69 Å². The van der Waals surface area contributed by atoms with E-state index in [0.717, 1.165) is 11.1 Å². The third kappa shape index (κ3) is 8.03. The van der Waals surface area contributed by atoms with Gasteiger partial charge in [0.15, 0.2) is 11.5 Å². The number of rotatable bonds is 11. The summed E-state index contributed by atoms with van der Waals surface area (Å²) in [5.74, 6) is -0.216. The van der Waals surface area contributed by atoms with Crippen LogP contribution in [0.25, 0.3) is 0 Å². The van der Waals surface area contributed by atoms with Gasteiger partial charge in [0, 0.05) is 13.1 Å². The average Bonchev–Trinajstić information content (AvgIpc) is 2.65. The highest BCUT2D eigenvalue weighted by molar-refractivity contribution is 5.77. The number of benzene rings is 2. The van der Waals surface area contributed by atoms with E-state index in [-0.39, 0.29) is 29.8 Å². The molecule has 1 N–H and O–H groups in total. The number of carbonyl (C=O) groups is 1. The van der Waals surface area contributed by atoms with Crippen molar-refractivity contribution in [2.75, 3.05) is 26.7 Å². The van der Waals surface area contributed by atoms with Gasteiger partial charge in [0.1, 0.15) is 5.82 Å². The van der Waals surface area contributed by atoms with Gasteiger partial charge >= 0.3 is 6.61 Å². The third-order valence-electron chi connectivity index (χ3n) is 4.04. The number of ether oxygens (including phenoxy) is 2. The number of halogens is 3. The van der Waals surface area contributed by atoms with Crippen molar-refractivity contribution in [3.63, 3.8) is 0 Å². The second-order valence-electron chi connectivity index (χ2n) is 6.49. The fraction of sp³-hybridized carbons (Fsp3) is 0.381. The monoisotopic (exact) mass is 410 g/mol. The first kappa shape index (κ1) is 22.5. The molecule has 0 aliphatic carbocycles. The molecule has 2 aromatic rings. The summed E-state index contributed by atoms with van der Waals surface area (Å²) >= 11 is 0. The second kappa shape index (κ2) is 11.3. The Bertz CT molecular complexity index is 785. The number of hydrogen-bond acceptors (Lipinski definition) is 4. The first-order valence-electron chi connectivity index (χ1n) is 9.27. The maximum absolute atomic E-state index is 12.9. The standard InChI is InChI=1S/C21H25F3N2O3/c1-3-28-19-12-16(6-9-18(19)29-21(23)24)13-26(2)14-20(27)25-11-10-15-4-7-17(22)8-5-15/h4-9,12,21H,3,10-11,13-14H2,1-2H3,(H,25,27). The molecule has 0 saturated carbocycles. The van der Waals surface area contributed by atoms with Crippen LogP contribution in [0, 0.1) is 5.82 Å². The lowest BCUT2D eigenvalue weighted by Gasteiger charge is -2.18. The fourth-order valence-electron chi connectivity index (χ4n) is 2.78. The number of nitrogens with zero attached hydrogens (tertiary/aromatic N) is 1. The summed E-state index contributed by atoms with van der Waals surface area (Å²) in [4.78, 5) is 13.9. The predicted molar refractivity (Wildman–Crippen MR) is 104 cm³/mol. The minimum Gasteiger partial charge on any atom is -0.490 e. The zero-order chi connectivity index (χ0) is 21.2. The van der Waals surface area contributed by atoms with Crippen molar-refractivity contribution in [2.24, 2.45) is 0 Å². The number of alkyl halides is 2. The molecular formula is C21H25F3N2O3. The van der Waals surface area contributed by atoms with E-state index in [1.54, 1.807) is 43.1 Å². The molecule has 5 nitrogen and oxygen atoms in total. The minimum absolute atomic E-state index is 0.0215. The molecule has 29 heavy (non-hydrogen) atoms. The van der Waals surface area contributed by atoms with Gasteiger partial charge in [0.05, 0.1) is 13.2 Å². The predicted octanol–water partition coefficient (Wildman–Crippen LogP) is 3.62. The van der Waals surface area contributed by atoms with Crippen LogP contribution in [-0.4, -0.2) is 44.2 Å². The molecule has 0 saturated heterocycles. The van der Waals surface area contributed by atoms with E-state index >= 15 is 0 Å². The zero-order valence-electron chi connectivity index (χ0n) is 16.5. The number of amides is 1. The summed E-state index contributed by atoms with van der Waals surface area (Å²) in [5, 5.41) is 2.82. The highest BCUT2D eigenvalue weighted by Gasteiger charge is 2.13. The van der Waals surface area contributed by atoms with Crippen LogP contribution in [0.2, 0.25) is 0 Å². The lowest BCUT2D eigenvalue weighted by Crippen LogP contribution is -2.35. The molecule has 8 heteroatoms. The van der Waals surface area contributed by atoms with Gasteiger partial charge in [-0.25, -0.2) is 4.39 Å². The minimum atomic E-state index is -2.93. The lowest BCUT2D eigenvalue weighted by atomic mass is 10.1. The van der Waals surface area contributed by atoms with Crippen molar-refractivity contribution >= 4 is 5.91 Å². The van der Waals surface area contributed by atoms with Gasteiger partial charge in [-0.1, -0.05) is 18.2 Å². The topological polar surface area (TPSA) is 50.8 Å². The molecule has 158 valence electrons. The van der Waals surface area contributed by atoms with Crippen LogP contribution >= 0.6 is 0 Å². The molecule has 0 radical (unpaired) electrons. The van der Waals surface area contributed by atoms with Gasteiger partial charge in [0.25, 0.3) is 0 Å². The smallest absolute Gasteiger partial charge is 0.387 e. The van der Waals surface area contributed by atoms with Gasteiger partial charge in [-0.05, 0) is 55.8 Å². The summed E-state index contributed by atoms with van der Waals surface area (Å²) in [7, 11) is 1.78. The Balaban J connectivity index is 1.82. The Kier molecular flexibility index (Phi) is 8.79. The van der Waals surface area contributed by atoms with Crippen LogP contribution in [0.1, 0.15) is 18.1 Å². The second-order valence-corrected chi connectivity index (χ2v) is 6.49. The van der Waals surface area contributed by atoms with E-state index in [0.29, 0.717) is 26.1 Å². The van der Waals surface area contributed by atoms with Crippen molar-refractivity contribution in [3.8, 4) is 11.5 Å². The molecule has 0 bridgehead atoms. The first-order valence-corrected chi connectivity index (χ1v) is 9.27. The molecular weight excluding hydrogens is 385 g/mol. The lowest BCUT2D eigenvalue weighted by molar-refractivity contribution is -0.122. The van der Waals surface area contributed by atoms with Gasteiger partial charge < -0.3 is 14.8 Å². The van der Waals surface area contributed by atoms with Crippen LogP contribution < -0.4 is 14.8 Å². The van der Waals surface area contributed by atoms with Gasteiger partial charge in [0.2, 0.25) is 5.91 Å². The van der Waals surface area contributed by atoms with Crippen molar-refractivity contribution < 1.29 is 27.4 Å². The van der Waals surface area contributed by atoms with E-state index in [4.69, 9.17) is 4.74 Å². The Morgan fingerprint density at radius 1 is 1.10 bits per heavy atom. The van der Waals surface area contributed by atoms with Crippen LogP contribution in [0.4, 0.5) is 13.2 Å². The molecule has 0 heterocycles. The van der Waals surface area contributed by atoms with E-state index in [2.05, 4.69) is 10.1 Å². The van der Waals surface area contributed by atoms with Gasteiger partial charge in [-0.15, -0.1) is 0 Å². The molecule has 0 aliphatic rings. The highest BCUT2D eigenvalue weighted by atomic mass is 19.3. The number of hydrogen-bond donors (Lipinski definition) is 1. The normalized spacial score (nSPS) is 11.0. The molecule has 0 unspecified atom stereocenters. The average molecular weight is 410 g/mol. The molecule has 0 aromatic heterocycles. The Morgan fingerprint density at radius 2 is 1.79 bits per heavy atom. The van der Waals surface area contributed by atoms with E-state index in [1.807, 2.05) is 0 Å². The van der Waals surface area contributed by atoms with E-state index in [9.17, 15) is 18.0 Å². The largest absolute Gasteiger partial charge is 0.490 e. The highest BCUT2D eigenvalue weighted by Crippen LogP contribution is 2.30. The maximum Gasteiger partial charge on any atom is 0.387 e. The Morgan fingerprint density at radius 3 is 2.45 bits per heavy atom. The summed E-state index contributed by atoms with van der Waals surface area (Å²) in [6.45, 7) is 0.188. The summed E-state index contributed by atoms with van der Waals surface area (Å²) in [6, 6.07) is 10.9. The number of likely N-dealkylation sites (N-methyl/N-ethyl adjacent to an activating group) is 1. The Hall–Kier alpha value is -2.74. The van der Waals surface area contributed by atoms with Crippen molar-refractivity contribution in [1.82, 2.24) is 10.2 Å². The molecule has 0 spiro atoms. The molecule has 0 atom stereocenters. The fourth-order valence-corrected chi connectivity index (χ4v) is 2.78. The first-order chi connectivity index (χ1) is 13.9. The Labute approximate surface area is 168 Å². The van der Waals surface area contributed by atoms with Crippen LogP contribution in [-0.2, 0) is 17.8 Å². The van der Waals surface area contributed by atoms with Crippen molar-refractivity contribution in [3.05, 3.63) is 59.4 Å². The molecule has 0 aliphatic heterocycles. The molecule has 2 aromatic carbocycles. The summed E-state index contributed by atoms with van der Waals surface area (Å²) < 4.78 is 47.7. The van der Waals surface area contributed by atoms with Crippen LogP contribution in [0.15, 0.2) is 42.5 Å².